The summed E-state index contributed by atoms with van der Waals surface area (Å²) >= 11 is 0. The second-order valence-corrected chi connectivity index (χ2v) is 30.6. The van der Waals surface area contributed by atoms with Crippen LogP contribution in [0.15, 0.2) is 12.2 Å². The number of nitrogens with one attached hydrogen (secondary N) is 1. The van der Waals surface area contributed by atoms with E-state index in [-0.39, 0.29) is 19.1 Å². The fourth-order valence-corrected chi connectivity index (χ4v) is 13.6. The lowest BCUT2D eigenvalue weighted by Gasteiger charge is -2.25. The molecule has 0 spiro atoms. The molecule has 3 unspecified atom stereocenters. The van der Waals surface area contributed by atoms with Crippen molar-refractivity contribution in [3.05, 3.63) is 12.2 Å². The number of likely N-dealkylation sites (N-methyl/N-ethyl adjacent to an activating group) is 1. The van der Waals surface area contributed by atoms with E-state index in [9.17, 15) is 19.4 Å². The maximum Gasteiger partial charge on any atom is 0.472 e. The zero-order valence-corrected chi connectivity index (χ0v) is 61.4. The molecule has 0 bridgehead atoms. The zero-order valence-electron chi connectivity index (χ0n) is 60.5. The minimum Gasteiger partial charge on any atom is -0.387 e. The number of hydrogen-bond donors (Lipinski definition) is 3. The molecule has 0 aromatic carbocycles. The summed E-state index contributed by atoms with van der Waals surface area (Å²) in [7, 11) is 1.60. The lowest BCUT2D eigenvalue weighted by Crippen LogP contribution is -2.45. The van der Waals surface area contributed by atoms with E-state index in [1.807, 2.05) is 27.2 Å². The minimum atomic E-state index is -4.35. The van der Waals surface area contributed by atoms with Gasteiger partial charge in [0.15, 0.2) is 0 Å². The van der Waals surface area contributed by atoms with E-state index in [0.717, 1.165) is 32.1 Å². The molecule has 0 aliphatic carbocycles. The first-order valence-electron chi connectivity index (χ1n) is 40.1. The molecular formula is C79H160N2O6P+. The first-order valence-corrected chi connectivity index (χ1v) is 41.6. The average molecular weight is 1270 g/mol. The van der Waals surface area contributed by atoms with E-state index >= 15 is 0 Å². The molecule has 0 fully saturated rings. The number of phosphoric ester groups is 1. The van der Waals surface area contributed by atoms with E-state index in [2.05, 4.69) is 19.2 Å². The summed E-state index contributed by atoms with van der Waals surface area (Å²) in [6.07, 6.45) is 92.7. The van der Waals surface area contributed by atoms with Crippen molar-refractivity contribution in [2.45, 2.75) is 450 Å². The van der Waals surface area contributed by atoms with E-state index in [4.69, 9.17) is 9.05 Å². The van der Waals surface area contributed by atoms with Gasteiger partial charge in [0.05, 0.1) is 39.9 Å². The average Bonchev–Trinajstić information content (AvgIpc) is 3.58. The van der Waals surface area contributed by atoms with Crippen LogP contribution in [0.4, 0.5) is 0 Å². The number of aliphatic hydroxyl groups excluding tert-OH is 1. The van der Waals surface area contributed by atoms with E-state index in [1.54, 1.807) is 6.08 Å². The summed E-state index contributed by atoms with van der Waals surface area (Å²) in [4.78, 5) is 23.5. The van der Waals surface area contributed by atoms with Gasteiger partial charge in [-0.25, -0.2) is 4.57 Å². The van der Waals surface area contributed by atoms with Crippen molar-refractivity contribution in [1.29, 1.82) is 0 Å². The number of carbonyl (C=O) groups is 1. The van der Waals surface area contributed by atoms with Crippen LogP contribution < -0.4 is 5.32 Å². The number of hydrogen-bond acceptors (Lipinski definition) is 5. The van der Waals surface area contributed by atoms with Crippen molar-refractivity contribution < 1.29 is 32.9 Å². The third-order valence-corrected chi connectivity index (χ3v) is 20.0. The molecule has 526 valence electrons. The first-order chi connectivity index (χ1) is 43.0. The summed E-state index contributed by atoms with van der Waals surface area (Å²) < 4.78 is 23.9. The Labute approximate surface area is 552 Å². The van der Waals surface area contributed by atoms with Gasteiger partial charge >= 0.3 is 7.82 Å². The molecule has 0 aromatic rings. The third-order valence-electron chi connectivity index (χ3n) is 19.0. The first kappa shape index (κ1) is 87.2. The molecule has 0 saturated heterocycles. The van der Waals surface area contributed by atoms with E-state index in [0.29, 0.717) is 17.4 Å². The maximum absolute atomic E-state index is 13.1. The van der Waals surface area contributed by atoms with Crippen LogP contribution in [0, 0.1) is 0 Å². The standard InChI is InChI=1S/C79H159N2O6P/c1-6-8-10-12-14-16-18-20-22-24-26-28-30-32-34-36-37-38-39-40-41-42-43-44-45-47-49-51-53-55-57-59-61-63-65-67-69-71-73-79(83)80-77(76-87-88(84,85)86-75-74-81(3,4)5)78(82)72-70-68-66-64-62-60-58-56-54-52-50-48-46-35-33-31-29-27-25-23-21-19-17-15-13-11-9-7-2/h70,72,77-78,82H,6-69,71,73-76H2,1-5H3,(H-,80,83,84,85)/p+1/b72-70+. The molecule has 8 nitrogen and oxygen atoms in total. The number of nitrogens with zero attached hydrogens (tertiary/aromatic N) is 1. The number of aliphatic hydroxyl groups is 1. The van der Waals surface area contributed by atoms with Crippen LogP contribution in [-0.2, 0) is 18.4 Å². The molecule has 3 atom stereocenters. The molecule has 9 heteroatoms. The van der Waals surface area contributed by atoms with E-state index < -0.39 is 20.0 Å². The zero-order chi connectivity index (χ0) is 64.1. The number of amides is 1. The monoisotopic (exact) mass is 1260 g/mol. The van der Waals surface area contributed by atoms with Crippen LogP contribution in [0.2, 0.25) is 0 Å². The minimum absolute atomic E-state index is 0.0656. The van der Waals surface area contributed by atoms with Crippen LogP contribution in [0.1, 0.15) is 438 Å². The quantitative estimate of drug-likeness (QED) is 0.0243. The van der Waals surface area contributed by atoms with Gasteiger partial charge in [-0.1, -0.05) is 424 Å². The van der Waals surface area contributed by atoms with Gasteiger partial charge in [-0.15, -0.1) is 0 Å². The predicted molar refractivity (Wildman–Crippen MR) is 388 cm³/mol. The highest BCUT2D eigenvalue weighted by Gasteiger charge is 2.28. The summed E-state index contributed by atoms with van der Waals surface area (Å²) in [5.74, 6) is -0.165. The molecule has 0 aliphatic heterocycles. The molecular weight excluding hydrogens is 1100 g/mol. The van der Waals surface area contributed by atoms with Crippen LogP contribution in [0.5, 0.6) is 0 Å². The molecule has 0 heterocycles. The summed E-state index contributed by atoms with van der Waals surface area (Å²) in [6, 6.07) is -0.845. The molecule has 0 rings (SSSR count). The van der Waals surface area contributed by atoms with Crippen LogP contribution >= 0.6 is 7.82 Å². The Morgan fingerprint density at radius 3 is 0.841 bits per heavy atom. The molecule has 0 saturated carbocycles. The molecule has 0 aromatic heterocycles. The van der Waals surface area contributed by atoms with Gasteiger partial charge in [-0.05, 0) is 19.3 Å². The predicted octanol–water partition coefficient (Wildman–Crippen LogP) is 26.0. The summed E-state index contributed by atoms with van der Waals surface area (Å²) in [5.41, 5.74) is 0. The van der Waals surface area contributed by atoms with Crippen molar-refractivity contribution in [3.8, 4) is 0 Å². The van der Waals surface area contributed by atoms with Crippen LogP contribution in [-0.4, -0.2) is 73.4 Å². The lowest BCUT2D eigenvalue weighted by atomic mass is 10.0. The second kappa shape index (κ2) is 70.6. The Morgan fingerprint density at radius 2 is 0.602 bits per heavy atom. The number of allylic oxidation sites excluding steroid dienone is 1. The number of quaternary nitrogens is 1. The highest BCUT2D eigenvalue weighted by molar-refractivity contribution is 7.47. The number of carbonyl (C=O) groups excluding carboxylic acids is 1. The number of phosphoric acid groups is 1. The highest BCUT2D eigenvalue weighted by Crippen LogP contribution is 2.43. The van der Waals surface area contributed by atoms with Gasteiger partial charge in [0.1, 0.15) is 13.2 Å². The highest BCUT2D eigenvalue weighted by atomic mass is 31.2. The maximum atomic E-state index is 13.1. The topological polar surface area (TPSA) is 105 Å². The molecule has 88 heavy (non-hydrogen) atoms. The van der Waals surface area contributed by atoms with Gasteiger partial charge in [-0.2, -0.15) is 0 Å². The fourth-order valence-electron chi connectivity index (χ4n) is 12.8. The SMILES string of the molecule is CCCCCCCCCCCCCCCCCCCCCCCCCCCC/C=C/C(O)C(COP(=O)(O)OCC[N+](C)(C)C)NC(=O)CCCCCCCCCCCCCCCCCCCCCCCCCCCCCCCCCCCCCCCC. The second-order valence-electron chi connectivity index (χ2n) is 29.2. The Hall–Kier alpha value is -0.760. The fraction of sp³-hybridized carbons (Fsp3) is 0.962. The van der Waals surface area contributed by atoms with Crippen molar-refractivity contribution in [1.82, 2.24) is 5.32 Å². The van der Waals surface area contributed by atoms with Gasteiger partial charge in [0, 0.05) is 6.42 Å². The number of unbranched alkanes of at least 4 members (excludes halogenated alkanes) is 63. The lowest BCUT2D eigenvalue weighted by molar-refractivity contribution is -0.870. The molecule has 3 N–H and O–H groups in total. The van der Waals surface area contributed by atoms with Crippen molar-refractivity contribution in [3.63, 3.8) is 0 Å². The van der Waals surface area contributed by atoms with Gasteiger partial charge < -0.3 is 19.8 Å². The smallest absolute Gasteiger partial charge is 0.387 e. The third kappa shape index (κ3) is 72.7. The Balaban J connectivity index is 3.91. The summed E-state index contributed by atoms with van der Waals surface area (Å²) in [6.45, 7) is 4.90. The Morgan fingerprint density at radius 1 is 0.375 bits per heavy atom. The van der Waals surface area contributed by atoms with Gasteiger partial charge in [0.2, 0.25) is 5.91 Å². The van der Waals surface area contributed by atoms with E-state index in [1.165, 1.54) is 385 Å². The number of rotatable bonds is 76. The Kier molecular flexibility index (Phi) is 69.9. The van der Waals surface area contributed by atoms with Gasteiger partial charge in [0.25, 0.3) is 0 Å². The van der Waals surface area contributed by atoms with Crippen LogP contribution in [0.3, 0.4) is 0 Å². The van der Waals surface area contributed by atoms with Crippen molar-refractivity contribution >= 4 is 13.7 Å². The molecule has 0 radical (unpaired) electrons. The normalized spacial score (nSPS) is 13.5. The van der Waals surface area contributed by atoms with Crippen LogP contribution in [0.25, 0.3) is 0 Å². The molecule has 0 aliphatic rings. The summed E-state index contributed by atoms with van der Waals surface area (Å²) in [5, 5.41) is 14.1. The van der Waals surface area contributed by atoms with Gasteiger partial charge in [-0.3, -0.25) is 13.8 Å². The van der Waals surface area contributed by atoms with Crippen molar-refractivity contribution in [2.75, 3.05) is 40.9 Å². The largest absolute Gasteiger partial charge is 0.472 e. The van der Waals surface area contributed by atoms with Crippen molar-refractivity contribution in [2.24, 2.45) is 0 Å². The molecule has 1 amide bonds. The Bertz CT molecular complexity index is 1440.